The Hall–Kier alpha value is -1.83. The number of ether oxygens (including phenoxy) is 1. The fourth-order valence-corrected chi connectivity index (χ4v) is 2.56. The van der Waals surface area contributed by atoms with Gasteiger partial charge in [0.2, 0.25) is 5.91 Å². The van der Waals surface area contributed by atoms with Crippen molar-refractivity contribution < 1.29 is 24.2 Å². The maximum atomic E-state index is 12.1. The summed E-state index contributed by atoms with van der Waals surface area (Å²) in [6.45, 7) is 1.87. The number of carbonyl (C=O) groups is 3. The summed E-state index contributed by atoms with van der Waals surface area (Å²) in [5.74, 6) is -1.11. The third kappa shape index (κ3) is 3.84. The predicted molar refractivity (Wildman–Crippen MR) is 72.7 cm³/mol. The molecule has 3 N–H and O–H groups in total. The molecule has 2 saturated heterocycles. The highest BCUT2D eigenvalue weighted by Gasteiger charge is 2.40. The molecule has 0 aromatic rings. The number of hydrogen-bond donors (Lipinski definition) is 3. The van der Waals surface area contributed by atoms with Crippen LogP contribution in [0.2, 0.25) is 0 Å². The number of urea groups is 1. The smallest absolute Gasteiger partial charge is 0.317 e. The summed E-state index contributed by atoms with van der Waals surface area (Å²) in [7, 11) is 0. The monoisotopic (exact) mass is 299 g/mol. The van der Waals surface area contributed by atoms with E-state index in [-0.39, 0.29) is 25.0 Å². The minimum absolute atomic E-state index is 0.00894. The summed E-state index contributed by atoms with van der Waals surface area (Å²) >= 11 is 0. The molecule has 8 heteroatoms. The topological polar surface area (TPSA) is 108 Å². The highest BCUT2D eigenvalue weighted by Crippen LogP contribution is 2.30. The van der Waals surface area contributed by atoms with E-state index in [9.17, 15) is 19.5 Å². The highest BCUT2D eigenvalue weighted by molar-refractivity contribution is 5.84. The average molecular weight is 299 g/mol. The van der Waals surface area contributed by atoms with Crippen molar-refractivity contribution in [1.29, 1.82) is 0 Å². The van der Waals surface area contributed by atoms with Crippen LogP contribution in [0.25, 0.3) is 0 Å². The van der Waals surface area contributed by atoms with Crippen LogP contribution < -0.4 is 10.6 Å². The lowest BCUT2D eigenvalue weighted by Gasteiger charge is -2.33. The van der Waals surface area contributed by atoms with E-state index in [4.69, 9.17) is 4.74 Å². The molecule has 8 nitrogen and oxygen atoms in total. The summed E-state index contributed by atoms with van der Waals surface area (Å²) < 4.78 is 5.19. The molecule has 2 aliphatic heterocycles. The Kier molecular flexibility index (Phi) is 5.00. The minimum Gasteiger partial charge on any atom is -0.481 e. The third-order valence-corrected chi connectivity index (χ3v) is 4.03. The van der Waals surface area contributed by atoms with Gasteiger partial charge in [-0.1, -0.05) is 0 Å². The number of aliphatic carboxylic acids is 1. The van der Waals surface area contributed by atoms with Gasteiger partial charge < -0.3 is 25.4 Å². The van der Waals surface area contributed by atoms with E-state index in [1.165, 1.54) is 4.90 Å². The first-order valence-electron chi connectivity index (χ1n) is 7.14. The van der Waals surface area contributed by atoms with E-state index in [2.05, 4.69) is 10.6 Å². The van der Waals surface area contributed by atoms with Crippen LogP contribution in [-0.4, -0.2) is 67.3 Å². The molecule has 2 fully saturated rings. The zero-order chi connectivity index (χ0) is 15.3. The minimum atomic E-state index is -0.970. The molecule has 3 amide bonds. The third-order valence-electron chi connectivity index (χ3n) is 4.03. The predicted octanol–water partition coefficient (Wildman–Crippen LogP) is -0.601. The first kappa shape index (κ1) is 15.6. The summed E-state index contributed by atoms with van der Waals surface area (Å²) in [5.41, 5.74) is -0.970. The van der Waals surface area contributed by atoms with Crippen LogP contribution in [0.5, 0.6) is 0 Å². The summed E-state index contributed by atoms with van der Waals surface area (Å²) in [6, 6.07) is -0.390. The van der Waals surface area contributed by atoms with Crippen molar-refractivity contribution in [2.45, 2.75) is 19.3 Å². The Bertz CT molecular complexity index is 420. The number of carboxylic acid groups (broad SMARTS) is 1. The fraction of sp³-hybridized carbons (Fsp3) is 0.769. The average Bonchev–Trinajstić information content (AvgIpc) is 2.70. The fourth-order valence-electron chi connectivity index (χ4n) is 2.56. The Balaban J connectivity index is 1.92. The molecule has 0 aliphatic carbocycles. The van der Waals surface area contributed by atoms with Crippen molar-refractivity contribution in [2.75, 3.05) is 39.4 Å². The molecule has 2 heterocycles. The highest BCUT2D eigenvalue weighted by atomic mass is 16.5. The summed E-state index contributed by atoms with van der Waals surface area (Å²) in [5, 5.41) is 14.8. The number of nitrogens with zero attached hydrogens (tertiary/aromatic N) is 1. The van der Waals surface area contributed by atoms with E-state index in [1.807, 2.05) is 0 Å². The van der Waals surface area contributed by atoms with Crippen molar-refractivity contribution in [3.8, 4) is 0 Å². The second kappa shape index (κ2) is 6.75. The van der Waals surface area contributed by atoms with E-state index >= 15 is 0 Å². The lowest BCUT2D eigenvalue weighted by molar-refractivity contribution is -0.154. The molecule has 2 aliphatic rings. The molecule has 0 radical (unpaired) electrons. The van der Waals surface area contributed by atoms with Gasteiger partial charge in [0.15, 0.2) is 0 Å². The molecular weight excluding hydrogens is 278 g/mol. The van der Waals surface area contributed by atoms with Crippen LogP contribution >= 0.6 is 0 Å². The van der Waals surface area contributed by atoms with Gasteiger partial charge in [0.1, 0.15) is 6.54 Å². The van der Waals surface area contributed by atoms with E-state index < -0.39 is 11.4 Å². The van der Waals surface area contributed by atoms with Crippen LogP contribution in [0, 0.1) is 5.41 Å². The summed E-state index contributed by atoms with van der Waals surface area (Å²) in [6.07, 6.45) is 1.45. The van der Waals surface area contributed by atoms with Crippen molar-refractivity contribution in [3.05, 3.63) is 0 Å². The van der Waals surface area contributed by atoms with Crippen molar-refractivity contribution in [3.63, 3.8) is 0 Å². The van der Waals surface area contributed by atoms with Crippen molar-refractivity contribution in [1.82, 2.24) is 15.5 Å². The van der Waals surface area contributed by atoms with E-state index in [0.29, 0.717) is 45.6 Å². The number of rotatable bonds is 3. The summed E-state index contributed by atoms with van der Waals surface area (Å²) in [4.78, 5) is 36.4. The second-order valence-corrected chi connectivity index (χ2v) is 5.48. The van der Waals surface area contributed by atoms with Gasteiger partial charge in [-0.25, -0.2) is 4.79 Å². The molecule has 0 unspecified atom stereocenters. The van der Waals surface area contributed by atoms with Gasteiger partial charge in [-0.2, -0.15) is 0 Å². The zero-order valence-electron chi connectivity index (χ0n) is 11.9. The van der Waals surface area contributed by atoms with Gasteiger partial charge >= 0.3 is 12.0 Å². The molecule has 0 aromatic carbocycles. The number of carbonyl (C=O) groups excluding carboxylic acids is 2. The Morgan fingerprint density at radius 3 is 2.76 bits per heavy atom. The van der Waals surface area contributed by atoms with Crippen molar-refractivity contribution >= 4 is 17.9 Å². The molecule has 0 aromatic heterocycles. The van der Waals surface area contributed by atoms with Gasteiger partial charge in [-0.3, -0.25) is 9.59 Å². The first-order valence-corrected chi connectivity index (χ1v) is 7.14. The SMILES string of the molecule is O=C1CN(C(=O)NCC2(C(=O)O)CCOCC2)CCCN1. The quantitative estimate of drug-likeness (QED) is 0.645. The lowest BCUT2D eigenvalue weighted by Crippen LogP contribution is -2.50. The molecule has 0 saturated carbocycles. The standard InChI is InChI=1S/C13H21N3O5/c17-10-8-16(5-1-4-14-10)12(20)15-9-13(11(18)19)2-6-21-7-3-13/h1-9H2,(H,14,17)(H,15,20)(H,18,19). The number of nitrogens with one attached hydrogen (secondary N) is 2. The maximum absolute atomic E-state index is 12.1. The van der Waals surface area contributed by atoms with Gasteiger partial charge in [0.25, 0.3) is 0 Å². The maximum Gasteiger partial charge on any atom is 0.317 e. The van der Waals surface area contributed by atoms with Crippen LogP contribution in [-0.2, 0) is 14.3 Å². The second-order valence-electron chi connectivity index (χ2n) is 5.48. The number of hydrogen-bond acceptors (Lipinski definition) is 4. The molecule has 0 spiro atoms. The van der Waals surface area contributed by atoms with Gasteiger partial charge in [0.05, 0.1) is 5.41 Å². The lowest BCUT2D eigenvalue weighted by atomic mass is 9.80. The molecule has 118 valence electrons. The van der Waals surface area contributed by atoms with Crippen molar-refractivity contribution in [2.24, 2.45) is 5.41 Å². The van der Waals surface area contributed by atoms with Gasteiger partial charge in [-0.05, 0) is 19.3 Å². The molecule has 0 atom stereocenters. The zero-order valence-corrected chi connectivity index (χ0v) is 11.9. The molecule has 2 rings (SSSR count). The Morgan fingerprint density at radius 2 is 2.10 bits per heavy atom. The molecule has 21 heavy (non-hydrogen) atoms. The first-order chi connectivity index (χ1) is 10.0. The molecular formula is C13H21N3O5. The van der Waals surface area contributed by atoms with E-state index in [1.54, 1.807) is 0 Å². The van der Waals surface area contributed by atoms with E-state index in [0.717, 1.165) is 0 Å². The Morgan fingerprint density at radius 1 is 1.38 bits per heavy atom. The Labute approximate surface area is 122 Å². The van der Waals surface area contributed by atoms with Gasteiger partial charge in [-0.15, -0.1) is 0 Å². The van der Waals surface area contributed by atoms with Crippen LogP contribution in [0.15, 0.2) is 0 Å². The number of amides is 3. The van der Waals surface area contributed by atoms with Crippen LogP contribution in [0.1, 0.15) is 19.3 Å². The van der Waals surface area contributed by atoms with Crippen LogP contribution in [0.4, 0.5) is 4.79 Å². The molecule has 0 bridgehead atoms. The van der Waals surface area contributed by atoms with Crippen LogP contribution in [0.3, 0.4) is 0 Å². The van der Waals surface area contributed by atoms with Gasteiger partial charge in [0, 0.05) is 32.8 Å². The largest absolute Gasteiger partial charge is 0.481 e. The number of carboxylic acids is 1. The normalized spacial score (nSPS) is 22.1.